The van der Waals surface area contributed by atoms with E-state index in [0.717, 1.165) is 18.4 Å². The van der Waals surface area contributed by atoms with Crippen molar-refractivity contribution >= 4 is 15.7 Å². The molecule has 4 rings (SSSR count). The molecule has 1 aromatic carbocycles. The first-order chi connectivity index (χ1) is 11.5. The highest BCUT2D eigenvalue weighted by Gasteiger charge is 2.32. The SMILES string of the molecule is Cc1ccc(S(=O)(=O)c2nc(-c3ccco3)oc2NC2CC2)cc1. The summed E-state index contributed by atoms with van der Waals surface area (Å²) in [6.07, 6.45) is 3.46. The third-order valence-electron chi connectivity index (χ3n) is 3.83. The van der Waals surface area contributed by atoms with Gasteiger partial charge in [0.2, 0.25) is 20.7 Å². The summed E-state index contributed by atoms with van der Waals surface area (Å²) in [7, 11) is -3.78. The summed E-state index contributed by atoms with van der Waals surface area (Å²) in [6, 6.07) is 10.3. The van der Waals surface area contributed by atoms with Crippen LogP contribution in [0.1, 0.15) is 18.4 Å². The van der Waals surface area contributed by atoms with E-state index in [-0.39, 0.29) is 27.7 Å². The minimum absolute atomic E-state index is 0.107. The van der Waals surface area contributed by atoms with E-state index in [4.69, 9.17) is 8.83 Å². The lowest BCUT2D eigenvalue weighted by Gasteiger charge is -2.05. The molecule has 0 atom stereocenters. The Hall–Kier alpha value is -2.54. The Bertz CT molecular complexity index is 953. The largest absolute Gasteiger partial charge is 0.459 e. The van der Waals surface area contributed by atoms with Crippen LogP contribution in [-0.2, 0) is 9.84 Å². The summed E-state index contributed by atoms with van der Waals surface area (Å²) >= 11 is 0. The van der Waals surface area contributed by atoms with Crippen molar-refractivity contribution in [3.63, 3.8) is 0 Å². The molecule has 0 unspecified atom stereocenters. The van der Waals surface area contributed by atoms with E-state index in [0.29, 0.717) is 5.76 Å². The molecule has 2 aromatic heterocycles. The number of hydrogen-bond donors (Lipinski definition) is 1. The van der Waals surface area contributed by atoms with Crippen LogP contribution in [0.15, 0.2) is 61.4 Å². The first-order valence-corrected chi connectivity index (χ1v) is 9.15. The fourth-order valence-electron chi connectivity index (χ4n) is 2.33. The third kappa shape index (κ3) is 2.71. The van der Waals surface area contributed by atoms with Gasteiger partial charge in [0.25, 0.3) is 5.89 Å². The smallest absolute Gasteiger partial charge is 0.266 e. The van der Waals surface area contributed by atoms with Crippen molar-refractivity contribution in [3.8, 4) is 11.7 Å². The minimum Gasteiger partial charge on any atom is -0.459 e. The quantitative estimate of drug-likeness (QED) is 0.760. The second-order valence-electron chi connectivity index (χ2n) is 5.87. The van der Waals surface area contributed by atoms with E-state index in [9.17, 15) is 8.42 Å². The average Bonchev–Trinajstić information content (AvgIpc) is 3.04. The molecule has 0 saturated heterocycles. The number of anilines is 1. The van der Waals surface area contributed by atoms with E-state index in [1.807, 2.05) is 6.92 Å². The van der Waals surface area contributed by atoms with E-state index in [1.165, 1.54) is 6.26 Å². The minimum atomic E-state index is -3.78. The van der Waals surface area contributed by atoms with Gasteiger partial charge in [0.15, 0.2) is 5.76 Å². The third-order valence-corrected chi connectivity index (χ3v) is 5.50. The molecule has 6 nitrogen and oxygen atoms in total. The highest BCUT2D eigenvalue weighted by atomic mass is 32.2. The number of rotatable bonds is 5. The van der Waals surface area contributed by atoms with Crippen molar-refractivity contribution in [1.29, 1.82) is 0 Å². The monoisotopic (exact) mass is 344 g/mol. The molecule has 124 valence electrons. The molecule has 0 radical (unpaired) electrons. The molecular weight excluding hydrogens is 328 g/mol. The van der Waals surface area contributed by atoms with Gasteiger partial charge in [-0.3, -0.25) is 0 Å². The van der Waals surface area contributed by atoms with Crippen molar-refractivity contribution in [1.82, 2.24) is 4.98 Å². The zero-order valence-electron chi connectivity index (χ0n) is 13.0. The van der Waals surface area contributed by atoms with Gasteiger partial charge in [0.1, 0.15) is 0 Å². The number of nitrogens with zero attached hydrogens (tertiary/aromatic N) is 1. The molecule has 1 aliphatic rings. The van der Waals surface area contributed by atoms with E-state index in [2.05, 4.69) is 10.3 Å². The maximum absolute atomic E-state index is 13.0. The second-order valence-corrected chi connectivity index (χ2v) is 7.73. The fraction of sp³-hybridized carbons (Fsp3) is 0.235. The zero-order chi connectivity index (χ0) is 16.7. The number of aromatic nitrogens is 1. The summed E-state index contributed by atoms with van der Waals surface area (Å²) in [5.41, 5.74) is 0.988. The van der Waals surface area contributed by atoms with E-state index >= 15 is 0 Å². The zero-order valence-corrected chi connectivity index (χ0v) is 13.8. The van der Waals surface area contributed by atoms with E-state index in [1.54, 1.807) is 36.4 Å². The van der Waals surface area contributed by atoms with Crippen molar-refractivity contribution in [2.75, 3.05) is 5.32 Å². The van der Waals surface area contributed by atoms with Crippen LogP contribution >= 0.6 is 0 Å². The number of benzene rings is 1. The Labute approximate surface area is 139 Å². The number of furan rings is 1. The topological polar surface area (TPSA) is 85.3 Å². The number of oxazole rings is 1. The molecule has 0 spiro atoms. The Morgan fingerprint density at radius 2 is 1.92 bits per heavy atom. The fourth-order valence-corrected chi connectivity index (χ4v) is 3.59. The molecule has 1 fully saturated rings. The van der Waals surface area contributed by atoms with Gasteiger partial charge in [-0.15, -0.1) is 0 Å². The number of aryl methyl sites for hydroxylation is 1. The van der Waals surface area contributed by atoms with Gasteiger partial charge in [-0.25, -0.2) is 8.42 Å². The van der Waals surface area contributed by atoms with Gasteiger partial charge in [-0.05, 0) is 44.0 Å². The highest BCUT2D eigenvalue weighted by molar-refractivity contribution is 7.91. The average molecular weight is 344 g/mol. The van der Waals surface area contributed by atoms with Crippen molar-refractivity contribution < 1.29 is 17.3 Å². The Balaban J connectivity index is 1.81. The summed E-state index contributed by atoms with van der Waals surface area (Å²) in [4.78, 5) is 4.38. The molecular formula is C17H16N2O4S. The van der Waals surface area contributed by atoms with Crippen LogP contribution in [0.5, 0.6) is 0 Å². The molecule has 0 amide bonds. The second kappa shape index (κ2) is 5.52. The maximum Gasteiger partial charge on any atom is 0.266 e. The lowest BCUT2D eigenvalue weighted by molar-refractivity contribution is 0.522. The number of nitrogens with one attached hydrogen (secondary N) is 1. The molecule has 2 heterocycles. The highest BCUT2D eigenvalue weighted by Crippen LogP contribution is 2.35. The van der Waals surface area contributed by atoms with Crippen molar-refractivity contribution in [3.05, 3.63) is 48.2 Å². The normalized spacial score (nSPS) is 14.7. The van der Waals surface area contributed by atoms with Crippen molar-refractivity contribution in [2.45, 2.75) is 35.7 Å². The molecule has 0 bridgehead atoms. The van der Waals surface area contributed by atoms with Gasteiger partial charge in [0, 0.05) is 6.04 Å². The van der Waals surface area contributed by atoms with E-state index < -0.39 is 9.84 Å². The number of sulfone groups is 1. The summed E-state index contributed by atoms with van der Waals surface area (Å²) < 4.78 is 36.8. The van der Waals surface area contributed by atoms with Crippen molar-refractivity contribution in [2.24, 2.45) is 0 Å². The molecule has 1 aliphatic carbocycles. The van der Waals surface area contributed by atoms with Crippen LogP contribution in [0, 0.1) is 6.92 Å². The van der Waals surface area contributed by atoms with Gasteiger partial charge in [-0.1, -0.05) is 17.7 Å². The first kappa shape index (κ1) is 15.0. The molecule has 1 saturated carbocycles. The molecule has 7 heteroatoms. The molecule has 3 aromatic rings. The Morgan fingerprint density at radius 3 is 2.54 bits per heavy atom. The first-order valence-electron chi connectivity index (χ1n) is 7.67. The standard InChI is InChI=1S/C17H16N2O4S/c1-11-4-8-13(9-5-11)24(20,21)17-16(18-12-6-7-12)23-15(19-17)14-3-2-10-22-14/h2-5,8-10,12,18H,6-7H2,1H3. The summed E-state index contributed by atoms with van der Waals surface area (Å²) in [6.45, 7) is 1.90. The Morgan fingerprint density at radius 1 is 1.17 bits per heavy atom. The lowest BCUT2D eigenvalue weighted by atomic mass is 10.2. The van der Waals surface area contributed by atoms with Gasteiger partial charge >= 0.3 is 0 Å². The van der Waals surface area contributed by atoms with Crippen LogP contribution in [0.3, 0.4) is 0 Å². The lowest BCUT2D eigenvalue weighted by Crippen LogP contribution is -2.08. The summed E-state index contributed by atoms with van der Waals surface area (Å²) in [5.74, 6) is 0.706. The van der Waals surface area contributed by atoms with Crippen LogP contribution in [0.4, 0.5) is 5.88 Å². The van der Waals surface area contributed by atoms with Crippen LogP contribution < -0.4 is 5.32 Å². The molecule has 1 N–H and O–H groups in total. The number of hydrogen-bond acceptors (Lipinski definition) is 6. The van der Waals surface area contributed by atoms with Crippen LogP contribution in [0.25, 0.3) is 11.7 Å². The van der Waals surface area contributed by atoms with Gasteiger partial charge in [-0.2, -0.15) is 4.98 Å². The molecule has 24 heavy (non-hydrogen) atoms. The van der Waals surface area contributed by atoms with Gasteiger partial charge in [0.05, 0.1) is 11.2 Å². The predicted molar refractivity (Wildman–Crippen MR) is 87.5 cm³/mol. The maximum atomic E-state index is 13.0. The molecule has 0 aliphatic heterocycles. The van der Waals surface area contributed by atoms with Crippen LogP contribution in [0.2, 0.25) is 0 Å². The van der Waals surface area contributed by atoms with Gasteiger partial charge < -0.3 is 14.2 Å². The Kier molecular flexibility index (Phi) is 3.45. The summed E-state index contributed by atoms with van der Waals surface area (Å²) in [5, 5.41) is 3.00. The van der Waals surface area contributed by atoms with Crippen LogP contribution in [-0.4, -0.2) is 19.4 Å². The predicted octanol–water partition coefficient (Wildman–Crippen LogP) is 3.65.